The average molecular weight is 375 g/mol. The topological polar surface area (TPSA) is 58.6 Å². The number of hydrogen-bond donors (Lipinski definition) is 1. The Morgan fingerprint density at radius 2 is 2.05 bits per heavy atom. The molecule has 0 radical (unpaired) electrons. The van der Waals surface area contributed by atoms with Crippen molar-refractivity contribution in [3.63, 3.8) is 0 Å². The number of fused-ring (bicyclic) bond motifs is 2. The van der Waals surface area contributed by atoms with E-state index >= 15 is 0 Å². The van der Waals surface area contributed by atoms with Crippen molar-refractivity contribution in [3.8, 4) is 5.75 Å². The number of methoxy groups -OCH3 is 1. The van der Waals surface area contributed by atoms with Gasteiger partial charge in [-0.05, 0) is 37.5 Å². The fraction of sp³-hybridized carbons (Fsp3) is 0.571. The second kappa shape index (κ2) is 5.87. The summed E-state index contributed by atoms with van der Waals surface area (Å²) in [4.78, 5) is 0.233. The molecular weight excluding hydrogens is 356 g/mol. The Hall–Kier alpha value is -0.630. The first-order valence-electron chi connectivity index (χ1n) is 7.10. The molecule has 2 heterocycles. The molecule has 2 fully saturated rings. The third kappa shape index (κ3) is 2.97. The fourth-order valence-electron chi connectivity index (χ4n) is 3.12. The summed E-state index contributed by atoms with van der Waals surface area (Å²) in [5.41, 5.74) is 0. The number of nitrogens with one attached hydrogen (secondary N) is 1. The van der Waals surface area contributed by atoms with Crippen LogP contribution in [0.5, 0.6) is 5.75 Å². The maximum Gasteiger partial charge on any atom is 0.246 e. The van der Waals surface area contributed by atoms with Gasteiger partial charge in [0.25, 0.3) is 0 Å². The molecule has 0 aliphatic carbocycles. The minimum absolute atomic E-state index is 0.233. The van der Waals surface area contributed by atoms with Gasteiger partial charge in [-0.25, -0.2) is 8.42 Å². The second-order valence-electron chi connectivity index (χ2n) is 5.58. The summed E-state index contributed by atoms with van der Waals surface area (Å²) in [5.74, 6) is 0.389. The molecule has 1 N–H and O–H groups in total. The molecule has 0 aromatic heterocycles. The molecule has 1 aromatic rings. The van der Waals surface area contributed by atoms with Crippen LogP contribution < -0.4 is 10.1 Å². The van der Waals surface area contributed by atoms with E-state index < -0.39 is 10.0 Å². The number of rotatable bonds is 3. The van der Waals surface area contributed by atoms with Crippen molar-refractivity contribution in [3.05, 3.63) is 22.7 Å². The van der Waals surface area contributed by atoms with E-state index in [-0.39, 0.29) is 10.9 Å². The molecule has 2 bridgehead atoms. The van der Waals surface area contributed by atoms with Crippen LogP contribution in [0.2, 0.25) is 0 Å². The van der Waals surface area contributed by atoms with E-state index in [2.05, 4.69) is 21.2 Å². The van der Waals surface area contributed by atoms with E-state index in [4.69, 9.17) is 4.74 Å². The lowest BCUT2D eigenvalue weighted by atomic mass is 10.1. The van der Waals surface area contributed by atoms with Gasteiger partial charge < -0.3 is 10.1 Å². The summed E-state index contributed by atoms with van der Waals surface area (Å²) in [5, 5.41) is 3.50. The van der Waals surface area contributed by atoms with Crippen LogP contribution in [0, 0.1) is 0 Å². The van der Waals surface area contributed by atoms with Crippen LogP contribution in [0.1, 0.15) is 19.3 Å². The van der Waals surface area contributed by atoms with Gasteiger partial charge in [0, 0.05) is 29.6 Å². The van der Waals surface area contributed by atoms with E-state index in [1.807, 2.05) is 0 Å². The number of hydrogen-bond acceptors (Lipinski definition) is 4. The Balaban J connectivity index is 1.94. The van der Waals surface area contributed by atoms with Crippen molar-refractivity contribution in [1.82, 2.24) is 9.62 Å². The highest BCUT2D eigenvalue weighted by molar-refractivity contribution is 9.10. The Morgan fingerprint density at radius 1 is 1.29 bits per heavy atom. The summed E-state index contributed by atoms with van der Waals surface area (Å²) >= 11 is 3.34. The van der Waals surface area contributed by atoms with Crippen LogP contribution in [0.4, 0.5) is 0 Å². The van der Waals surface area contributed by atoms with Crippen LogP contribution >= 0.6 is 15.9 Å². The highest BCUT2D eigenvalue weighted by Crippen LogP contribution is 2.31. The number of benzene rings is 1. The van der Waals surface area contributed by atoms with Gasteiger partial charge in [-0.3, -0.25) is 0 Å². The Bertz CT molecular complexity index is 635. The molecule has 0 saturated carbocycles. The first kappa shape index (κ1) is 15.3. The van der Waals surface area contributed by atoms with Gasteiger partial charge in [-0.2, -0.15) is 4.31 Å². The van der Waals surface area contributed by atoms with E-state index in [0.717, 1.165) is 23.7 Å². The summed E-state index contributed by atoms with van der Waals surface area (Å²) in [6.45, 7) is 1.10. The zero-order chi connectivity index (χ0) is 15.0. The lowest BCUT2D eigenvalue weighted by molar-refractivity contribution is 0.373. The molecule has 1 aromatic carbocycles. The van der Waals surface area contributed by atoms with E-state index in [1.54, 1.807) is 22.5 Å². The summed E-state index contributed by atoms with van der Waals surface area (Å²) in [6.07, 6.45) is 3.07. The van der Waals surface area contributed by atoms with Gasteiger partial charge in [0.1, 0.15) is 10.6 Å². The molecule has 21 heavy (non-hydrogen) atoms. The molecule has 5 nitrogen and oxygen atoms in total. The SMILES string of the molecule is COc1ccc(Br)cc1S(=O)(=O)N1CCC2CCC(C1)N2. The van der Waals surface area contributed by atoms with E-state index in [1.165, 1.54) is 7.11 Å². The molecule has 2 saturated heterocycles. The lowest BCUT2D eigenvalue weighted by Crippen LogP contribution is -2.39. The van der Waals surface area contributed by atoms with Crippen molar-refractivity contribution < 1.29 is 13.2 Å². The standard InChI is InChI=1S/C14H19BrN2O3S/c1-20-13-5-2-10(15)8-14(13)21(18,19)17-7-6-11-3-4-12(9-17)16-11/h2,5,8,11-12,16H,3-4,6-7,9H2,1H3. The smallest absolute Gasteiger partial charge is 0.246 e. The predicted molar refractivity (Wildman–Crippen MR) is 84.0 cm³/mol. The first-order valence-corrected chi connectivity index (χ1v) is 9.34. The molecule has 7 heteroatoms. The van der Waals surface area contributed by atoms with Gasteiger partial charge in [-0.15, -0.1) is 0 Å². The highest BCUT2D eigenvalue weighted by Gasteiger charge is 2.36. The van der Waals surface area contributed by atoms with Crippen molar-refractivity contribution in [2.75, 3.05) is 20.2 Å². The monoisotopic (exact) mass is 374 g/mol. The molecule has 2 aliphatic rings. The molecule has 0 spiro atoms. The molecule has 2 atom stereocenters. The summed E-state index contributed by atoms with van der Waals surface area (Å²) < 4.78 is 33.4. The third-order valence-corrected chi connectivity index (χ3v) is 6.61. The second-order valence-corrected chi connectivity index (χ2v) is 8.41. The van der Waals surface area contributed by atoms with E-state index in [0.29, 0.717) is 24.9 Å². The zero-order valence-electron chi connectivity index (χ0n) is 11.9. The predicted octanol–water partition coefficient (Wildman–Crippen LogP) is 1.97. The van der Waals surface area contributed by atoms with E-state index in [9.17, 15) is 8.42 Å². The van der Waals surface area contributed by atoms with Crippen LogP contribution in [0.15, 0.2) is 27.6 Å². The van der Waals surface area contributed by atoms with Crippen LogP contribution in [0.25, 0.3) is 0 Å². The molecule has 3 rings (SSSR count). The first-order chi connectivity index (χ1) is 10.0. The quantitative estimate of drug-likeness (QED) is 0.878. The number of ether oxygens (including phenoxy) is 1. The van der Waals surface area contributed by atoms with Gasteiger partial charge in [-0.1, -0.05) is 15.9 Å². The Kier molecular flexibility index (Phi) is 4.27. The molecule has 2 aliphatic heterocycles. The van der Waals surface area contributed by atoms with Crippen molar-refractivity contribution in [1.29, 1.82) is 0 Å². The van der Waals surface area contributed by atoms with Gasteiger partial charge >= 0.3 is 0 Å². The van der Waals surface area contributed by atoms with Gasteiger partial charge in [0.15, 0.2) is 0 Å². The zero-order valence-corrected chi connectivity index (χ0v) is 14.3. The highest BCUT2D eigenvalue weighted by atomic mass is 79.9. The van der Waals surface area contributed by atoms with Crippen molar-refractivity contribution in [2.24, 2.45) is 0 Å². The number of nitrogens with zero attached hydrogens (tertiary/aromatic N) is 1. The third-order valence-electron chi connectivity index (χ3n) is 4.23. The maximum absolute atomic E-state index is 12.9. The Labute approximate surface area is 133 Å². The maximum atomic E-state index is 12.9. The Morgan fingerprint density at radius 3 is 2.81 bits per heavy atom. The lowest BCUT2D eigenvalue weighted by Gasteiger charge is -2.24. The molecule has 0 amide bonds. The largest absolute Gasteiger partial charge is 0.495 e. The van der Waals surface area contributed by atoms with Crippen LogP contribution in [-0.4, -0.2) is 45.0 Å². The van der Waals surface area contributed by atoms with Crippen LogP contribution in [0.3, 0.4) is 0 Å². The van der Waals surface area contributed by atoms with Gasteiger partial charge in [0.05, 0.1) is 7.11 Å². The van der Waals surface area contributed by atoms with Crippen molar-refractivity contribution >= 4 is 26.0 Å². The summed E-state index contributed by atoms with van der Waals surface area (Å²) in [6, 6.07) is 5.80. The molecular formula is C14H19BrN2O3S. The average Bonchev–Trinajstić information content (AvgIpc) is 2.77. The van der Waals surface area contributed by atoms with Gasteiger partial charge in [0.2, 0.25) is 10.0 Å². The summed E-state index contributed by atoms with van der Waals surface area (Å²) in [7, 11) is -2.04. The normalized spacial score (nSPS) is 26.6. The fourth-order valence-corrected chi connectivity index (χ4v) is 5.31. The minimum atomic E-state index is -3.53. The number of halogens is 1. The van der Waals surface area contributed by atoms with Crippen molar-refractivity contribution in [2.45, 2.75) is 36.2 Å². The number of sulfonamides is 1. The minimum Gasteiger partial charge on any atom is -0.495 e. The molecule has 2 unspecified atom stereocenters. The van der Waals surface area contributed by atoms with Crippen LogP contribution in [-0.2, 0) is 10.0 Å². The molecule has 116 valence electrons.